The molecule has 1 aliphatic heterocycles. The molecular weight excluding hydrogens is 370 g/mol. The van der Waals surface area contributed by atoms with Crippen LogP contribution in [0.5, 0.6) is 0 Å². The molecule has 1 aliphatic rings. The summed E-state index contributed by atoms with van der Waals surface area (Å²) in [6.45, 7) is 4.47. The maximum Gasteiger partial charge on any atom is 0.107 e. The van der Waals surface area contributed by atoms with Crippen LogP contribution in [0.1, 0.15) is 34.6 Å². The Morgan fingerprint density at radius 2 is 2.03 bits per heavy atom. The molecule has 2 atom stereocenters. The Balaban J connectivity index is 1.66. The van der Waals surface area contributed by atoms with E-state index in [-0.39, 0.29) is 5.92 Å². The Morgan fingerprint density at radius 3 is 2.72 bits per heavy atom. The fourth-order valence-corrected chi connectivity index (χ4v) is 5.02. The average Bonchev–Trinajstić information content (AvgIpc) is 3.36. The van der Waals surface area contributed by atoms with E-state index in [1.165, 1.54) is 27.6 Å². The number of alkyl halides is 2. The van der Waals surface area contributed by atoms with E-state index >= 15 is 0 Å². The number of aromatic amines is 1. The second-order valence-electron chi connectivity index (χ2n) is 8.52. The molecule has 156 valence electrons. The van der Waals surface area contributed by atoms with Gasteiger partial charge in [-0.3, -0.25) is 9.58 Å². The van der Waals surface area contributed by atoms with Crippen molar-refractivity contribution in [1.82, 2.24) is 19.7 Å². The molecule has 3 aromatic rings. The number of hydrogen-bond donors (Lipinski definition) is 1. The van der Waals surface area contributed by atoms with Gasteiger partial charge in [0.2, 0.25) is 0 Å². The zero-order valence-electron chi connectivity index (χ0n) is 17.5. The Hall–Kier alpha value is -2.21. The second kappa shape index (κ2) is 8.27. The number of likely N-dealkylation sites (tertiary alicyclic amines) is 1. The Morgan fingerprint density at radius 1 is 1.24 bits per heavy atom. The summed E-state index contributed by atoms with van der Waals surface area (Å²) >= 11 is 0. The van der Waals surface area contributed by atoms with Crippen molar-refractivity contribution in [2.24, 2.45) is 13.0 Å². The monoisotopic (exact) mass is 400 g/mol. The van der Waals surface area contributed by atoms with Gasteiger partial charge in [0.1, 0.15) is 13.3 Å². The third kappa shape index (κ3) is 3.82. The van der Waals surface area contributed by atoms with E-state index in [0.29, 0.717) is 12.5 Å². The van der Waals surface area contributed by atoms with Gasteiger partial charge in [-0.05, 0) is 67.5 Å². The molecule has 1 fully saturated rings. The van der Waals surface area contributed by atoms with E-state index in [1.807, 2.05) is 29.0 Å². The second-order valence-corrected chi connectivity index (χ2v) is 8.52. The topological polar surface area (TPSA) is 36.9 Å². The van der Waals surface area contributed by atoms with E-state index < -0.39 is 19.4 Å². The smallest absolute Gasteiger partial charge is 0.107 e. The molecule has 1 aromatic carbocycles. The van der Waals surface area contributed by atoms with Crippen molar-refractivity contribution < 1.29 is 8.78 Å². The summed E-state index contributed by atoms with van der Waals surface area (Å²) in [5.74, 6) is 0.627. The Labute approximate surface area is 170 Å². The molecule has 29 heavy (non-hydrogen) atoms. The van der Waals surface area contributed by atoms with Gasteiger partial charge in [0.15, 0.2) is 0 Å². The minimum atomic E-state index is -0.637. The molecule has 0 aliphatic carbocycles. The normalized spacial score (nSPS) is 20.8. The van der Waals surface area contributed by atoms with Crippen LogP contribution >= 0.6 is 0 Å². The number of nitrogens with zero attached hydrogens (tertiary/aromatic N) is 3. The van der Waals surface area contributed by atoms with Gasteiger partial charge < -0.3 is 4.98 Å². The zero-order valence-corrected chi connectivity index (χ0v) is 17.5. The number of nitrogens with one attached hydrogen (secondary N) is 1. The molecule has 1 saturated heterocycles. The number of fused-ring (bicyclic) bond motifs is 1. The van der Waals surface area contributed by atoms with E-state index in [0.717, 1.165) is 24.9 Å². The first-order chi connectivity index (χ1) is 14.0. The number of aryl methyl sites for hydroxylation is 3. The van der Waals surface area contributed by atoms with Crippen molar-refractivity contribution >= 4 is 10.9 Å². The van der Waals surface area contributed by atoms with Crippen LogP contribution in [0.15, 0.2) is 30.7 Å². The molecule has 3 heterocycles. The van der Waals surface area contributed by atoms with Gasteiger partial charge in [0.05, 0.1) is 12.2 Å². The lowest BCUT2D eigenvalue weighted by atomic mass is 9.77. The first-order valence-corrected chi connectivity index (χ1v) is 10.4. The average molecular weight is 401 g/mol. The van der Waals surface area contributed by atoms with E-state index in [4.69, 9.17) is 0 Å². The third-order valence-corrected chi connectivity index (χ3v) is 6.65. The van der Waals surface area contributed by atoms with Crippen molar-refractivity contribution in [3.63, 3.8) is 0 Å². The number of hydrogen-bond acceptors (Lipinski definition) is 2. The Kier molecular flexibility index (Phi) is 5.72. The number of rotatable bonds is 6. The maximum atomic E-state index is 13.3. The highest BCUT2D eigenvalue weighted by Gasteiger charge is 2.34. The van der Waals surface area contributed by atoms with Crippen LogP contribution < -0.4 is 0 Å². The SMILES string of the molecule is Cc1cc(C)c2[nH]ccc2c1C[C@@H]1CCN(C(CF)CF)C[C@H]1c1cnn(C)c1. The lowest BCUT2D eigenvalue weighted by Crippen LogP contribution is -2.47. The van der Waals surface area contributed by atoms with Crippen LogP contribution in [0.3, 0.4) is 0 Å². The van der Waals surface area contributed by atoms with Crippen LogP contribution in [-0.4, -0.2) is 52.1 Å². The van der Waals surface area contributed by atoms with Crippen LogP contribution in [0.2, 0.25) is 0 Å². The summed E-state index contributed by atoms with van der Waals surface area (Å²) < 4.78 is 28.5. The predicted octanol–water partition coefficient (Wildman–Crippen LogP) is 4.47. The van der Waals surface area contributed by atoms with Crippen molar-refractivity contribution in [2.45, 2.75) is 38.6 Å². The summed E-state index contributed by atoms with van der Waals surface area (Å²) in [7, 11) is 1.92. The lowest BCUT2D eigenvalue weighted by molar-refractivity contribution is 0.0815. The van der Waals surface area contributed by atoms with Crippen LogP contribution in [0.4, 0.5) is 8.78 Å². The van der Waals surface area contributed by atoms with Crippen molar-refractivity contribution in [3.8, 4) is 0 Å². The van der Waals surface area contributed by atoms with Gasteiger partial charge in [-0.1, -0.05) is 6.07 Å². The fourth-order valence-electron chi connectivity index (χ4n) is 5.02. The number of piperidine rings is 1. The van der Waals surface area contributed by atoms with Gasteiger partial charge in [0.25, 0.3) is 0 Å². The molecule has 0 unspecified atom stereocenters. The molecule has 0 bridgehead atoms. The van der Waals surface area contributed by atoms with E-state index in [2.05, 4.69) is 42.3 Å². The fraction of sp³-hybridized carbons (Fsp3) is 0.522. The highest BCUT2D eigenvalue weighted by molar-refractivity contribution is 5.87. The standard InChI is InChI=1S/C23H30F2N4/c1-15-8-16(2)23-20(4-6-26-23)21(15)9-17-5-7-29(19(10-24)11-25)14-22(17)18-12-27-28(3)13-18/h4,6,8,12-13,17,19,22,26H,5,7,9-11,14H2,1-3H3/t17-,22+/m0/s1. The van der Waals surface area contributed by atoms with Crippen molar-refractivity contribution in [2.75, 3.05) is 26.4 Å². The van der Waals surface area contributed by atoms with Gasteiger partial charge in [-0.2, -0.15) is 5.10 Å². The zero-order chi connectivity index (χ0) is 20.5. The molecule has 1 N–H and O–H groups in total. The van der Waals surface area contributed by atoms with Crippen LogP contribution in [-0.2, 0) is 13.5 Å². The minimum absolute atomic E-state index is 0.216. The largest absolute Gasteiger partial charge is 0.361 e. The van der Waals surface area contributed by atoms with Crippen LogP contribution in [0, 0.1) is 19.8 Å². The van der Waals surface area contributed by atoms with Gasteiger partial charge in [-0.25, -0.2) is 8.78 Å². The van der Waals surface area contributed by atoms with Crippen molar-refractivity contribution in [3.05, 3.63) is 53.0 Å². The molecular formula is C23H30F2N4. The molecule has 0 amide bonds. The summed E-state index contributed by atoms with van der Waals surface area (Å²) in [5.41, 5.74) is 6.32. The number of H-pyrrole nitrogens is 1. The minimum Gasteiger partial charge on any atom is -0.361 e. The molecule has 4 nitrogen and oxygen atoms in total. The van der Waals surface area contributed by atoms with E-state index in [1.54, 1.807) is 0 Å². The quantitative estimate of drug-likeness (QED) is 0.663. The predicted molar refractivity (Wildman–Crippen MR) is 113 cm³/mol. The van der Waals surface area contributed by atoms with Gasteiger partial charge >= 0.3 is 0 Å². The number of halogens is 2. The highest BCUT2D eigenvalue weighted by Crippen LogP contribution is 2.38. The number of aromatic nitrogens is 3. The van der Waals surface area contributed by atoms with Gasteiger partial charge in [-0.15, -0.1) is 0 Å². The summed E-state index contributed by atoms with van der Waals surface area (Å²) in [6, 6.07) is 3.79. The van der Waals surface area contributed by atoms with E-state index in [9.17, 15) is 8.78 Å². The molecule has 0 spiro atoms. The first kappa shape index (κ1) is 20.1. The summed E-state index contributed by atoms with van der Waals surface area (Å²) in [4.78, 5) is 5.36. The lowest BCUT2D eigenvalue weighted by Gasteiger charge is -2.41. The van der Waals surface area contributed by atoms with Gasteiger partial charge in [0, 0.05) is 42.8 Å². The Bertz CT molecular complexity index is 973. The molecule has 4 rings (SSSR count). The summed E-state index contributed by atoms with van der Waals surface area (Å²) in [6.07, 6.45) is 7.86. The van der Waals surface area contributed by atoms with Crippen LogP contribution in [0.25, 0.3) is 10.9 Å². The first-order valence-electron chi connectivity index (χ1n) is 10.4. The number of benzene rings is 1. The van der Waals surface area contributed by atoms with Crippen molar-refractivity contribution in [1.29, 1.82) is 0 Å². The molecule has 0 saturated carbocycles. The molecule has 2 aromatic heterocycles. The third-order valence-electron chi connectivity index (χ3n) is 6.65. The molecule has 0 radical (unpaired) electrons. The maximum absolute atomic E-state index is 13.3. The molecule has 6 heteroatoms. The summed E-state index contributed by atoms with van der Waals surface area (Å²) in [5, 5.41) is 5.65. The highest BCUT2D eigenvalue weighted by atomic mass is 19.1.